The van der Waals surface area contributed by atoms with Gasteiger partial charge in [0.05, 0.1) is 11.9 Å². The average molecular weight is 204 g/mol. The lowest BCUT2D eigenvalue weighted by Gasteiger charge is -2.08. The normalized spacial score (nSPS) is 13.9. The molecule has 0 aliphatic carbocycles. The second-order valence-corrected chi connectivity index (χ2v) is 3.81. The number of rotatable bonds is 5. The van der Waals surface area contributed by atoms with Crippen LogP contribution in [0.15, 0.2) is 35.3 Å². The third-order valence-corrected chi connectivity index (χ3v) is 2.43. The maximum Gasteiger partial charge on any atom is 0.0944 e. The van der Waals surface area contributed by atoms with E-state index in [-0.39, 0.29) is 6.04 Å². The van der Waals surface area contributed by atoms with Crippen molar-refractivity contribution in [3.05, 3.63) is 35.9 Å². The first-order chi connectivity index (χ1) is 7.24. The Morgan fingerprint density at radius 1 is 1.33 bits per heavy atom. The molecule has 2 N–H and O–H groups in total. The van der Waals surface area contributed by atoms with Crippen LogP contribution in [-0.4, -0.2) is 5.84 Å². The maximum atomic E-state index is 5.85. The molecule has 0 saturated heterocycles. The molecule has 0 bridgehead atoms. The van der Waals surface area contributed by atoms with E-state index in [2.05, 4.69) is 31.0 Å². The first kappa shape index (κ1) is 11.8. The Morgan fingerprint density at radius 2 is 2.00 bits per heavy atom. The summed E-state index contributed by atoms with van der Waals surface area (Å²) in [6, 6.07) is 10.4. The fourth-order valence-corrected chi connectivity index (χ4v) is 1.48. The second kappa shape index (κ2) is 6.23. The highest BCUT2D eigenvalue weighted by molar-refractivity contribution is 5.80. The van der Waals surface area contributed by atoms with Gasteiger partial charge in [0.15, 0.2) is 0 Å². The number of nitrogens with two attached hydrogens (primary N) is 1. The van der Waals surface area contributed by atoms with Crippen LogP contribution in [0.5, 0.6) is 0 Å². The monoisotopic (exact) mass is 204 g/mol. The number of benzene rings is 1. The lowest BCUT2D eigenvalue weighted by Crippen LogP contribution is -2.12. The van der Waals surface area contributed by atoms with E-state index in [1.54, 1.807) is 0 Å². The molecule has 82 valence electrons. The van der Waals surface area contributed by atoms with Crippen LogP contribution >= 0.6 is 0 Å². The van der Waals surface area contributed by atoms with Crippen molar-refractivity contribution < 1.29 is 0 Å². The summed E-state index contributed by atoms with van der Waals surface area (Å²) in [5.74, 6) is 0.771. The quantitative estimate of drug-likeness (QED) is 0.580. The Kier molecular flexibility index (Phi) is 4.88. The minimum absolute atomic E-state index is 0.169. The summed E-state index contributed by atoms with van der Waals surface area (Å²) in [6.45, 7) is 4.24. The van der Waals surface area contributed by atoms with E-state index in [9.17, 15) is 0 Å². The summed E-state index contributed by atoms with van der Waals surface area (Å²) in [4.78, 5) is 4.48. The standard InChI is InChI=1S/C13H20N2/c1-3-4-10-13(14)15-11(2)12-8-6-5-7-9-12/h5-9,11H,3-4,10H2,1-2H3,(H2,14,15)/t11-/m0/s1. The molecule has 0 spiro atoms. The Hall–Kier alpha value is -1.31. The van der Waals surface area contributed by atoms with Crippen LogP contribution in [0, 0.1) is 0 Å². The van der Waals surface area contributed by atoms with E-state index in [1.165, 1.54) is 5.56 Å². The van der Waals surface area contributed by atoms with Crippen molar-refractivity contribution in [2.75, 3.05) is 0 Å². The van der Waals surface area contributed by atoms with E-state index < -0.39 is 0 Å². The number of amidine groups is 1. The summed E-state index contributed by atoms with van der Waals surface area (Å²) in [6.07, 6.45) is 3.19. The highest BCUT2D eigenvalue weighted by Crippen LogP contribution is 2.16. The summed E-state index contributed by atoms with van der Waals surface area (Å²) in [5, 5.41) is 0. The highest BCUT2D eigenvalue weighted by Gasteiger charge is 2.02. The summed E-state index contributed by atoms with van der Waals surface area (Å²) >= 11 is 0. The summed E-state index contributed by atoms with van der Waals surface area (Å²) in [7, 11) is 0. The van der Waals surface area contributed by atoms with Crippen LogP contribution < -0.4 is 5.73 Å². The number of nitrogens with zero attached hydrogens (tertiary/aromatic N) is 1. The molecule has 1 aromatic carbocycles. The zero-order chi connectivity index (χ0) is 11.1. The lowest BCUT2D eigenvalue weighted by atomic mass is 10.1. The largest absolute Gasteiger partial charge is 0.387 e. The van der Waals surface area contributed by atoms with E-state index in [0.717, 1.165) is 25.1 Å². The topological polar surface area (TPSA) is 38.4 Å². The van der Waals surface area contributed by atoms with Crippen LogP contribution in [0.4, 0.5) is 0 Å². The summed E-state index contributed by atoms with van der Waals surface area (Å²) in [5.41, 5.74) is 7.07. The molecule has 15 heavy (non-hydrogen) atoms. The molecule has 0 radical (unpaired) electrons. The zero-order valence-electron chi connectivity index (χ0n) is 9.61. The number of aliphatic imine (C=N–C) groups is 1. The summed E-state index contributed by atoms with van der Waals surface area (Å²) < 4.78 is 0. The van der Waals surface area contributed by atoms with Crippen molar-refractivity contribution in [1.82, 2.24) is 0 Å². The highest BCUT2D eigenvalue weighted by atomic mass is 14.9. The van der Waals surface area contributed by atoms with E-state index in [1.807, 2.05) is 18.2 Å². The molecule has 0 aliphatic rings. The van der Waals surface area contributed by atoms with E-state index in [0.29, 0.717) is 0 Å². The van der Waals surface area contributed by atoms with Crippen LogP contribution in [0.25, 0.3) is 0 Å². The predicted octanol–water partition coefficient (Wildman–Crippen LogP) is 3.30. The lowest BCUT2D eigenvalue weighted by molar-refractivity contribution is 0.785. The molecule has 2 heteroatoms. The fourth-order valence-electron chi connectivity index (χ4n) is 1.48. The SMILES string of the molecule is CCCCC(N)=N[C@@H](C)c1ccccc1. The molecular weight excluding hydrogens is 184 g/mol. The maximum absolute atomic E-state index is 5.85. The minimum Gasteiger partial charge on any atom is -0.387 e. The Labute approximate surface area is 92.2 Å². The van der Waals surface area contributed by atoms with Crippen molar-refractivity contribution >= 4 is 5.84 Å². The van der Waals surface area contributed by atoms with Gasteiger partial charge in [-0.1, -0.05) is 43.7 Å². The second-order valence-electron chi connectivity index (χ2n) is 3.81. The van der Waals surface area contributed by atoms with Crippen molar-refractivity contribution in [3.8, 4) is 0 Å². The molecule has 0 amide bonds. The number of hydrogen-bond acceptors (Lipinski definition) is 1. The third-order valence-electron chi connectivity index (χ3n) is 2.43. The Bertz CT molecular complexity index is 304. The van der Waals surface area contributed by atoms with Gasteiger partial charge in [0.25, 0.3) is 0 Å². The molecule has 0 aliphatic heterocycles. The van der Waals surface area contributed by atoms with E-state index in [4.69, 9.17) is 5.73 Å². The molecule has 0 aromatic heterocycles. The van der Waals surface area contributed by atoms with Gasteiger partial charge >= 0.3 is 0 Å². The molecular formula is C13H20N2. The molecule has 1 rings (SSSR count). The van der Waals surface area contributed by atoms with Gasteiger partial charge in [0.1, 0.15) is 0 Å². The van der Waals surface area contributed by atoms with Gasteiger partial charge in [-0.25, -0.2) is 0 Å². The third kappa shape index (κ3) is 4.15. The molecule has 0 saturated carbocycles. The molecule has 1 atom stereocenters. The predicted molar refractivity (Wildman–Crippen MR) is 66.0 cm³/mol. The van der Waals surface area contributed by atoms with Gasteiger partial charge in [0, 0.05) is 6.42 Å². The van der Waals surface area contributed by atoms with Crippen molar-refractivity contribution in [2.24, 2.45) is 10.7 Å². The van der Waals surface area contributed by atoms with Gasteiger partial charge in [-0.3, -0.25) is 4.99 Å². The zero-order valence-corrected chi connectivity index (χ0v) is 9.61. The van der Waals surface area contributed by atoms with Crippen LogP contribution in [-0.2, 0) is 0 Å². The smallest absolute Gasteiger partial charge is 0.0944 e. The molecule has 1 aromatic rings. The molecule has 0 fully saturated rings. The van der Waals surface area contributed by atoms with E-state index >= 15 is 0 Å². The van der Waals surface area contributed by atoms with Crippen LogP contribution in [0.1, 0.15) is 44.7 Å². The van der Waals surface area contributed by atoms with Gasteiger partial charge in [-0.05, 0) is 18.9 Å². The average Bonchev–Trinajstić information content (AvgIpc) is 2.27. The van der Waals surface area contributed by atoms with Gasteiger partial charge in [-0.15, -0.1) is 0 Å². The molecule has 2 nitrogen and oxygen atoms in total. The van der Waals surface area contributed by atoms with Gasteiger partial charge in [0.2, 0.25) is 0 Å². The Morgan fingerprint density at radius 3 is 2.60 bits per heavy atom. The number of hydrogen-bond donors (Lipinski definition) is 1. The number of unbranched alkanes of at least 4 members (excludes halogenated alkanes) is 1. The Balaban J connectivity index is 2.58. The van der Waals surface area contributed by atoms with Gasteiger partial charge < -0.3 is 5.73 Å². The van der Waals surface area contributed by atoms with Crippen LogP contribution in [0.2, 0.25) is 0 Å². The molecule has 0 unspecified atom stereocenters. The minimum atomic E-state index is 0.169. The molecule has 0 heterocycles. The fraction of sp³-hybridized carbons (Fsp3) is 0.462. The van der Waals surface area contributed by atoms with Crippen molar-refractivity contribution in [2.45, 2.75) is 39.2 Å². The first-order valence-corrected chi connectivity index (χ1v) is 5.61. The van der Waals surface area contributed by atoms with Gasteiger partial charge in [-0.2, -0.15) is 0 Å². The van der Waals surface area contributed by atoms with Crippen molar-refractivity contribution in [1.29, 1.82) is 0 Å². The van der Waals surface area contributed by atoms with Crippen LogP contribution in [0.3, 0.4) is 0 Å². The van der Waals surface area contributed by atoms with Crippen molar-refractivity contribution in [3.63, 3.8) is 0 Å². The first-order valence-electron chi connectivity index (χ1n) is 5.61.